The van der Waals surface area contributed by atoms with Crippen molar-refractivity contribution in [3.05, 3.63) is 135 Å². The minimum Gasteiger partial charge on any atom is -0.454 e. The average Bonchev–Trinajstić information content (AvgIpc) is 3.87. The van der Waals surface area contributed by atoms with Crippen molar-refractivity contribution in [2.24, 2.45) is 0 Å². The number of para-hydroxylation sites is 1. The van der Waals surface area contributed by atoms with E-state index >= 15 is 0 Å². The Morgan fingerprint density at radius 3 is 1.47 bits per heavy atom. The van der Waals surface area contributed by atoms with Crippen LogP contribution in [-0.2, 0) is 0 Å². The molecule has 0 saturated heterocycles. The van der Waals surface area contributed by atoms with Gasteiger partial charge < -0.3 is 4.42 Å². The summed E-state index contributed by atoms with van der Waals surface area (Å²) < 4.78 is 18.2. The number of aromatic nitrogens is 10. The number of hydrogen-bond acceptors (Lipinski definition) is 5. The minimum absolute atomic E-state index is 0.764. The molecule has 2 aromatic carbocycles. The molecule has 0 radical (unpaired) electrons. The third-order valence-corrected chi connectivity index (χ3v) is 7.59. The first-order valence-electron chi connectivity index (χ1n) is 13.7. The van der Waals surface area contributed by atoms with E-state index in [0.29, 0.717) is 0 Å². The van der Waals surface area contributed by atoms with E-state index in [9.17, 15) is 0 Å². The van der Waals surface area contributed by atoms with Gasteiger partial charge in [0.25, 0.3) is 0 Å². The summed E-state index contributed by atoms with van der Waals surface area (Å²) >= 11 is 0. The van der Waals surface area contributed by atoms with Gasteiger partial charge in [0.1, 0.15) is 28.9 Å². The lowest BCUT2D eigenvalue weighted by Gasteiger charge is -2.14. The number of nitrogens with zero attached hydrogens (tertiary/aromatic N) is 10. The summed E-state index contributed by atoms with van der Waals surface area (Å²) in [4.78, 5) is 0. The van der Waals surface area contributed by atoms with Gasteiger partial charge in [0.05, 0.1) is 5.69 Å². The Hall–Kier alpha value is -6.36. The molecule has 0 spiro atoms. The van der Waals surface area contributed by atoms with E-state index in [1.165, 1.54) is 0 Å². The Labute approximate surface area is 243 Å². The van der Waals surface area contributed by atoms with Crippen molar-refractivity contribution < 1.29 is 4.42 Å². The van der Waals surface area contributed by atoms with Crippen molar-refractivity contribution in [2.75, 3.05) is 0 Å². The standard InChI is InChI=1S/C32H22N10O/c1-6-24-25-22-23(41-28(37-18-2-14-33-37)10-11-29(41)38-19-3-15-34-38)8-9-27(25)43-32(24)26(7-1)42-30(39-20-4-16-35-39)12-13-31(42)40-21-5-17-36-40/h1-22H. The molecule has 0 amide bonds. The highest BCUT2D eigenvalue weighted by Crippen LogP contribution is 2.37. The molecule has 0 fully saturated rings. The quantitative estimate of drug-likeness (QED) is 0.251. The van der Waals surface area contributed by atoms with Crippen LogP contribution in [-0.4, -0.2) is 48.3 Å². The van der Waals surface area contributed by atoms with Crippen molar-refractivity contribution in [1.82, 2.24) is 48.3 Å². The number of furan rings is 1. The fourth-order valence-electron chi connectivity index (χ4n) is 5.76. The highest BCUT2D eigenvalue weighted by atomic mass is 16.3. The monoisotopic (exact) mass is 562 g/mol. The lowest BCUT2D eigenvalue weighted by Crippen LogP contribution is -2.10. The van der Waals surface area contributed by atoms with Gasteiger partial charge in [0.2, 0.25) is 0 Å². The molecule has 0 unspecified atom stereocenters. The van der Waals surface area contributed by atoms with E-state index < -0.39 is 0 Å². The van der Waals surface area contributed by atoms with Gasteiger partial charge >= 0.3 is 0 Å². The van der Waals surface area contributed by atoms with Gasteiger partial charge in [-0.1, -0.05) is 12.1 Å². The normalized spacial score (nSPS) is 11.7. The molecule has 0 aliphatic carbocycles. The fraction of sp³-hybridized carbons (Fsp3) is 0. The summed E-state index contributed by atoms with van der Waals surface area (Å²) in [5.41, 5.74) is 3.39. The van der Waals surface area contributed by atoms with E-state index in [1.807, 2.05) is 98.1 Å². The maximum Gasteiger partial charge on any atom is 0.159 e. The van der Waals surface area contributed by atoms with E-state index in [1.54, 1.807) is 24.8 Å². The van der Waals surface area contributed by atoms with Crippen molar-refractivity contribution in [3.63, 3.8) is 0 Å². The molecule has 0 N–H and O–H groups in total. The molecule has 0 aliphatic heterocycles. The molecule has 0 atom stereocenters. The Morgan fingerprint density at radius 1 is 0.465 bits per heavy atom. The van der Waals surface area contributed by atoms with Crippen molar-refractivity contribution in [2.45, 2.75) is 0 Å². The predicted molar refractivity (Wildman–Crippen MR) is 161 cm³/mol. The van der Waals surface area contributed by atoms with Crippen molar-refractivity contribution in [3.8, 4) is 34.6 Å². The first kappa shape index (κ1) is 23.4. The molecule has 9 aromatic rings. The van der Waals surface area contributed by atoms with Crippen molar-refractivity contribution in [1.29, 1.82) is 0 Å². The van der Waals surface area contributed by atoms with Crippen LogP contribution in [0.2, 0.25) is 0 Å². The van der Waals surface area contributed by atoms with Crippen LogP contribution in [0.4, 0.5) is 0 Å². The summed E-state index contributed by atoms with van der Waals surface area (Å²) in [6.45, 7) is 0. The number of hydrogen-bond donors (Lipinski definition) is 0. The van der Waals surface area contributed by atoms with Crippen LogP contribution in [0, 0.1) is 0 Å². The molecule has 11 nitrogen and oxygen atoms in total. The molecule has 11 heteroatoms. The molecule has 0 aliphatic rings. The molecule has 7 heterocycles. The van der Waals surface area contributed by atoms with Crippen LogP contribution in [0.5, 0.6) is 0 Å². The number of benzene rings is 2. The maximum absolute atomic E-state index is 6.60. The molecule has 7 aromatic heterocycles. The third kappa shape index (κ3) is 3.55. The van der Waals surface area contributed by atoms with Gasteiger partial charge in [0.15, 0.2) is 5.58 Å². The van der Waals surface area contributed by atoms with Crippen LogP contribution >= 0.6 is 0 Å². The summed E-state index contributed by atoms with van der Waals surface area (Å²) in [6, 6.07) is 28.2. The van der Waals surface area contributed by atoms with Gasteiger partial charge in [-0.15, -0.1) is 0 Å². The number of rotatable bonds is 6. The highest BCUT2D eigenvalue weighted by Gasteiger charge is 2.21. The predicted octanol–water partition coefficient (Wildman–Crippen LogP) is 5.91. The summed E-state index contributed by atoms with van der Waals surface area (Å²) in [5, 5.41) is 20.0. The van der Waals surface area contributed by atoms with Crippen LogP contribution in [0.1, 0.15) is 0 Å². The zero-order valence-electron chi connectivity index (χ0n) is 22.6. The lowest BCUT2D eigenvalue weighted by atomic mass is 10.1. The van der Waals surface area contributed by atoms with Crippen LogP contribution in [0.3, 0.4) is 0 Å². The van der Waals surface area contributed by atoms with Gasteiger partial charge in [-0.05, 0) is 72.8 Å². The molecule has 0 saturated carbocycles. The Bertz CT molecular complexity index is 2230. The summed E-state index contributed by atoms with van der Waals surface area (Å²) in [5.74, 6) is 3.51. The van der Waals surface area contributed by atoms with Gasteiger partial charge in [-0.25, -0.2) is 18.7 Å². The summed E-state index contributed by atoms with van der Waals surface area (Å²) in [6.07, 6.45) is 14.8. The topological polar surface area (TPSA) is 94.3 Å². The molecule has 0 bridgehead atoms. The van der Waals surface area contributed by atoms with Gasteiger partial charge in [-0.2, -0.15) is 20.4 Å². The Morgan fingerprint density at radius 2 is 0.977 bits per heavy atom. The van der Waals surface area contributed by atoms with Gasteiger partial charge in [0, 0.05) is 66.0 Å². The first-order chi connectivity index (χ1) is 21.3. The first-order valence-corrected chi connectivity index (χ1v) is 13.7. The molecular weight excluding hydrogens is 540 g/mol. The largest absolute Gasteiger partial charge is 0.454 e. The van der Waals surface area contributed by atoms with Crippen LogP contribution in [0.25, 0.3) is 56.6 Å². The van der Waals surface area contributed by atoms with Crippen LogP contribution in [0.15, 0.2) is 139 Å². The highest BCUT2D eigenvalue weighted by molar-refractivity contribution is 6.08. The zero-order chi connectivity index (χ0) is 28.3. The van der Waals surface area contributed by atoms with E-state index in [-0.39, 0.29) is 0 Å². The van der Waals surface area contributed by atoms with Crippen molar-refractivity contribution >= 4 is 21.9 Å². The van der Waals surface area contributed by atoms with E-state index in [4.69, 9.17) is 4.42 Å². The smallest absolute Gasteiger partial charge is 0.159 e. The maximum atomic E-state index is 6.60. The fourth-order valence-corrected chi connectivity index (χ4v) is 5.76. The molecule has 206 valence electrons. The summed E-state index contributed by atoms with van der Waals surface area (Å²) in [7, 11) is 0. The second kappa shape index (κ2) is 9.08. The second-order valence-corrected chi connectivity index (χ2v) is 10.0. The zero-order valence-corrected chi connectivity index (χ0v) is 22.6. The Kier molecular flexibility index (Phi) is 4.93. The number of fused-ring (bicyclic) bond motifs is 3. The minimum atomic E-state index is 0.764. The van der Waals surface area contributed by atoms with Gasteiger partial charge in [-0.3, -0.25) is 9.13 Å². The third-order valence-electron chi connectivity index (χ3n) is 7.59. The molecule has 9 rings (SSSR count). The lowest BCUT2D eigenvalue weighted by molar-refractivity contribution is 0.662. The van der Waals surface area contributed by atoms with Crippen LogP contribution < -0.4 is 0 Å². The Balaban J connectivity index is 1.28. The van der Waals surface area contributed by atoms with E-state index in [0.717, 1.165) is 56.6 Å². The average molecular weight is 563 g/mol. The molecular formula is C32H22N10O. The SMILES string of the molecule is c1cc(-n2c(-n3cccn3)ccc2-n2cccn2)c2oc3ccc(-n4c(-n5cccn5)ccc4-n4cccn4)cc3c2c1. The van der Waals surface area contributed by atoms with E-state index in [2.05, 4.69) is 59.9 Å². The molecule has 43 heavy (non-hydrogen) atoms. The second-order valence-electron chi connectivity index (χ2n) is 10.0.